The molecule has 0 radical (unpaired) electrons. The number of fused-ring (bicyclic) bond motifs is 2. The number of thioether (sulfide) groups is 1. The van der Waals surface area contributed by atoms with Crippen LogP contribution in [-0.2, 0) is 0 Å². The van der Waals surface area contributed by atoms with Gasteiger partial charge in [0.15, 0.2) is 0 Å². The first-order chi connectivity index (χ1) is 9.86. The lowest BCUT2D eigenvalue weighted by atomic mass is 10.1. The van der Waals surface area contributed by atoms with E-state index < -0.39 is 0 Å². The third-order valence-electron chi connectivity index (χ3n) is 3.04. The second-order valence-electron chi connectivity index (χ2n) is 4.35. The molecule has 0 atom stereocenters. The average molecular weight is 276 g/mol. The van der Waals surface area contributed by atoms with Crippen LogP contribution < -0.4 is 5.32 Å². The Morgan fingerprint density at radius 2 is 1.85 bits per heavy atom. The Kier molecular flexibility index (Phi) is 3.58. The molecule has 0 saturated heterocycles. The first-order valence-corrected chi connectivity index (χ1v) is 7.14. The van der Waals surface area contributed by atoms with Gasteiger partial charge in [-0.15, -0.1) is 0 Å². The summed E-state index contributed by atoms with van der Waals surface area (Å²) >= 11 is 1.68. The minimum absolute atomic E-state index is 0.666. The van der Waals surface area contributed by atoms with Crippen molar-refractivity contribution in [2.75, 3.05) is 5.32 Å². The summed E-state index contributed by atoms with van der Waals surface area (Å²) in [6.07, 6.45) is 6.05. The van der Waals surface area contributed by atoms with Crippen molar-refractivity contribution in [3.63, 3.8) is 0 Å². The summed E-state index contributed by atoms with van der Waals surface area (Å²) in [5, 5.41) is 14.3. The molecule has 2 aromatic rings. The molecule has 1 aliphatic rings. The molecule has 3 heteroatoms. The molecule has 3 rings (SSSR count). The highest BCUT2D eigenvalue weighted by molar-refractivity contribution is 8.02. The fourth-order valence-electron chi connectivity index (χ4n) is 2.04. The Labute approximate surface area is 122 Å². The van der Waals surface area contributed by atoms with Crippen molar-refractivity contribution in [1.29, 1.82) is 5.26 Å². The first kappa shape index (κ1) is 12.6. The lowest BCUT2D eigenvalue weighted by Crippen LogP contribution is -1.92. The molecule has 0 saturated carbocycles. The quantitative estimate of drug-likeness (QED) is 0.756. The van der Waals surface area contributed by atoms with Gasteiger partial charge in [-0.1, -0.05) is 42.1 Å². The monoisotopic (exact) mass is 276 g/mol. The van der Waals surface area contributed by atoms with Crippen LogP contribution in [0.5, 0.6) is 0 Å². The van der Waals surface area contributed by atoms with E-state index in [0.29, 0.717) is 5.56 Å². The van der Waals surface area contributed by atoms with Crippen LogP contribution in [0.2, 0.25) is 0 Å². The number of anilines is 1. The lowest BCUT2D eigenvalue weighted by molar-refractivity contribution is 1.43. The van der Waals surface area contributed by atoms with Gasteiger partial charge in [0.25, 0.3) is 0 Å². The third kappa shape index (κ3) is 2.61. The summed E-state index contributed by atoms with van der Waals surface area (Å²) in [4.78, 5) is 1.21. The summed E-state index contributed by atoms with van der Waals surface area (Å²) in [7, 11) is 0. The highest BCUT2D eigenvalue weighted by atomic mass is 32.2. The van der Waals surface area contributed by atoms with Crippen molar-refractivity contribution >= 4 is 29.6 Å². The molecule has 0 spiro atoms. The van der Waals surface area contributed by atoms with E-state index in [1.165, 1.54) is 10.5 Å². The van der Waals surface area contributed by atoms with E-state index in [4.69, 9.17) is 5.26 Å². The topological polar surface area (TPSA) is 35.8 Å². The lowest BCUT2D eigenvalue weighted by Gasteiger charge is -2.09. The van der Waals surface area contributed by atoms with Gasteiger partial charge in [0, 0.05) is 16.8 Å². The fourth-order valence-corrected chi connectivity index (χ4v) is 2.75. The molecule has 0 unspecified atom stereocenters. The second-order valence-corrected chi connectivity index (χ2v) is 5.30. The molecule has 2 nitrogen and oxygen atoms in total. The van der Waals surface area contributed by atoms with Crippen LogP contribution in [0.1, 0.15) is 16.7 Å². The second kappa shape index (κ2) is 5.68. The highest BCUT2D eigenvalue weighted by Crippen LogP contribution is 2.28. The summed E-state index contributed by atoms with van der Waals surface area (Å²) in [6.45, 7) is 0. The van der Waals surface area contributed by atoms with Gasteiger partial charge in [-0.2, -0.15) is 5.26 Å². The van der Waals surface area contributed by atoms with Crippen molar-refractivity contribution in [1.82, 2.24) is 0 Å². The summed E-state index contributed by atoms with van der Waals surface area (Å²) in [5.41, 5.74) is 3.85. The predicted molar refractivity (Wildman–Crippen MR) is 85.1 cm³/mol. The van der Waals surface area contributed by atoms with Crippen LogP contribution >= 0.6 is 11.8 Å². The molecule has 96 valence electrons. The molecule has 0 aliphatic carbocycles. The molecule has 0 amide bonds. The smallest absolute Gasteiger partial charge is 0.0991 e. The summed E-state index contributed by atoms with van der Waals surface area (Å²) < 4.78 is 0. The number of hydrogen-bond acceptors (Lipinski definition) is 3. The molecular weight excluding hydrogens is 264 g/mol. The van der Waals surface area contributed by atoms with Crippen LogP contribution in [-0.4, -0.2) is 0 Å². The van der Waals surface area contributed by atoms with Crippen LogP contribution in [0.3, 0.4) is 0 Å². The van der Waals surface area contributed by atoms with E-state index in [-0.39, 0.29) is 0 Å². The van der Waals surface area contributed by atoms with Crippen molar-refractivity contribution in [2.24, 2.45) is 0 Å². The number of nitriles is 1. The van der Waals surface area contributed by atoms with Gasteiger partial charge in [0.2, 0.25) is 0 Å². The number of nitrogens with zero attached hydrogens (tertiary/aromatic N) is 1. The average Bonchev–Trinajstić information content (AvgIpc) is 2.51. The molecule has 1 aliphatic heterocycles. The highest BCUT2D eigenvalue weighted by Gasteiger charge is 2.03. The summed E-state index contributed by atoms with van der Waals surface area (Å²) in [5.74, 6) is 0. The predicted octanol–water partition coefficient (Wildman–Crippen LogP) is 4.72. The standard InChI is InChI=1S/C17H12N2S/c18-12-13-5-8-16-15(11-13)7-6-14-3-1-2-4-17(14)20-10-9-19-16/h1-11,19H/b7-6+,10-9+. The molecule has 1 heterocycles. The van der Waals surface area contributed by atoms with Crippen LogP contribution in [0, 0.1) is 11.3 Å². The Balaban J connectivity index is 2.10. The zero-order valence-electron chi connectivity index (χ0n) is 10.7. The molecule has 2 aromatic carbocycles. The van der Waals surface area contributed by atoms with E-state index >= 15 is 0 Å². The molecule has 0 bridgehead atoms. The Bertz CT molecular complexity index is 739. The molecule has 0 fully saturated rings. The van der Waals surface area contributed by atoms with Crippen molar-refractivity contribution in [3.8, 4) is 6.07 Å². The Morgan fingerprint density at radius 1 is 1.00 bits per heavy atom. The Morgan fingerprint density at radius 3 is 2.75 bits per heavy atom. The SMILES string of the molecule is N#Cc1ccc2c(c1)/C=C/c1ccccc1S/C=C/N2. The van der Waals surface area contributed by atoms with Gasteiger partial charge in [0.1, 0.15) is 0 Å². The molecule has 0 aromatic heterocycles. The number of benzene rings is 2. The van der Waals surface area contributed by atoms with Crippen molar-refractivity contribution in [3.05, 3.63) is 70.8 Å². The van der Waals surface area contributed by atoms with Gasteiger partial charge in [-0.25, -0.2) is 0 Å². The number of nitrogens with one attached hydrogen (secondary N) is 1. The molecule has 20 heavy (non-hydrogen) atoms. The third-order valence-corrected chi connectivity index (χ3v) is 3.94. The maximum absolute atomic E-state index is 9.01. The maximum Gasteiger partial charge on any atom is 0.0991 e. The minimum atomic E-state index is 0.666. The summed E-state index contributed by atoms with van der Waals surface area (Å²) in [6, 6.07) is 16.1. The Hall–Kier alpha value is -2.44. The van der Waals surface area contributed by atoms with Gasteiger partial charge in [0.05, 0.1) is 11.6 Å². The van der Waals surface area contributed by atoms with Gasteiger partial charge in [-0.05, 0) is 40.8 Å². The molecular formula is C17H12N2S. The van der Waals surface area contributed by atoms with E-state index in [0.717, 1.165) is 11.3 Å². The van der Waals surface area contributed by atoms with E-state index in [9.17, 15) is 0 Å². The number of rotatable bonds is 0. The van der Waals surface area contributed by atoms with Crippen LogP contribution in [0.4, 0.5) is 5.69 Å². The first-order valence-electron chi connectivity index (χ1n) is 6.26. The maximum atomic E-state index is 9.01. The van der Waals surface area contributed by atoms with E-state index in [2.05, 4.69) is 29.6 Å². The van der Waals surface area contributed by atoms with E-state index in [1.807, 2.05) is 48.0 Å². The van der Waals surface area contributed by atoms with Gasteiger partial charge < -0.3 is 5.32 Å². The van der Waals surface area contributed by atoms with Crippen LogP contribution in [0.15, 0.2) is 59.0 Å². The van der Waals surface area contributed by atoms with Gasteiger partial charge in [-0.3, -0.25) is 0 Å². The largest absolute Gasteiger partial charge is 0.361 e. The van der Waals surface area contributed by atoms with E-state index in [1.54, 1.807) is 11.8 Å². The zero-order valence-corrected chi connectivity index (χ0v) is 11.5. The van der Waals surface area contributed by atoms with Gasteiger partial charge >= 0.3 is 0 Å². The minimum Gasteiger partial charge on any atom is -0.361 e. The fraction of sp³-hybridized carbons (Fsp3) is 0. The number of hydrogen-bond donors (Lipinski definition) is 1. The zero-order chi connectivity index (χ0) is 13.8. The van der Waals surface area contributed by atoms with Crippen molar-refractivity contribution in [2.45, 2.75) is 4.90 Å². The van der Waals surface area contributed by atoms with Crippen LogP contribution in [0.25, 0.3) is 12.2 Å². The van der Waals surface area contributed by atoms with Crippen molar-refractivity contribution < 1.29 is 0 Å². The normalized spacial score (nSPS) is 15.9. The molecule has 1 N–H and O–H groups in total.